The minimum absolute atomic E-state index is 0.229. The smallest absolute Gasteiger partial charge is 0.361 e. The molecule has 1 aliphatic carbocycles. The lowest BCUT2D eigenvalue weighted by atomic mass is 10.2. The van der Waals surface area contributed by atoms with Gasteiger partial charge in [-0.15, -0.1) is 0 Å². The lowest BCUT2D eigenvalue weighted by Crippen LogP contribution is -2.42. The molecule has 1 saturated carbocycles. The van der Waals surface area contributed by atoms with Gasteiger partial charge in [-0.3, -0.25) is 4.57 Å². The normalized spacial score (nSPS) is 22.0. The summed E-state index contributed by atoms with van der Waals surface area (Å²) >= 11 is 0. The lowest BCUT2D eigenvalue weighted by molar-refractivity contribution is -0.109. The molecule has 4 rings (SSSR count). The Morgan fingerprint density at radius 2 is 1.94 bits per heavy atom. The third-order valence-electron chi connectivity index (χ3n) is 5.82. The van der Waals surface area contributed by atoms with Crippen LogP contribution in [0.3, 0.4) is 0 Å². The average Bonchev–Trinajstić information content (AvgIpc) is 3.31. The number of rotatable bonds is 11. The van der Waals surface area contributed by atoms with Gasteiger partial charge in [0.25, 0.3) is 0 Å². The van der Waals surface area contributed by atoms with E-state index in [2.05, 4.69) is 20.4 Å². The Kier molecular flexibility index (Phi) is 6.80. The van der Waals surface area contributed by atoms with Crippen molar-refractivity contribution in [2.75, 3.05) is 31.7 Å². The van der Waals surface area contributed by atoms with Gasteiger partial charge in [0.2, 0.25) is 5.34 Å². The topological polar surface area (TPSA) is 192 Å². The van der Waals surface area contributed by atoms with Crippen molar-refractivity contribution in [3.63, 3.8) is 0 Å². The number of anilines is 1. The molecule has 14 heteroatoms. The largest absolute Gasteiger partial charge is 0.393 e. The molecule has 2 aliphatic rings. The lowest BCUT2D eigenvalue weighted by Gasteiger charge is -2.31. The number of hydrogen-bond acceptors (Lipinski definition) is 10. The minimum Gasteiger partial charge on any atom is -0.393 e. The molecule has 32 heavy (non-hydrogen) atoms. The van der Waals surface area contributed by atoms with Crippen LogP contribution in [0.4, 0.5) is 5.82 Å². The molecule has 3 heterocycles. The van der Waals surface area contributed by atoms with Crippen LogP contribution in [0.2, 0.25) is 0 Å². The van der Waals surface area contributed by atoms with E-state index in [0.29, 0.717) is 35.6 Å². The predicted octanol–water partition coefficient (Wildman–Crippen LogP) is -0.307. The van der Waals surface area contributed by atoms with Crippen molar-refractivity contribution in [3.8, 4) is 0 Å². The SMILES string of the molecule is O=P(O)(O)C(CO)(CO)OCC1CCC(n2ncc3c(NCC4CC4)nc(CO)nc32)O1. The maximum absolute atomic E-state index is 11.7. The summed E-state index contributed by atoms with van der Waals surface area (Å²) < 4.78 is 24.5. The van der Waals surface area contributed by atoms with E-state index >= 15 is 0 Å². The first-order valence-electron chi connectivity index (χ1n) is 10.5. The molecule has 0 radical (unpaired) electrons. The molecule has 0 spiro atoms. The quantitative estimate of drug-likeness (QED) is 0.234. The summed E-state index contributed by atoms with van der Waals surface area (Å²) in [6.45, 7) is -1.84. The van der Waals surface area contributed by atoms with Crippen molar-refractivity contribution in [1.82, 2.24) is 19.7 Å². The van der Waals surface area contributed by atoms with Crippen LogP contribution >= 0.6 is 7.60 Å². The first kappa shape index (κ1) is 23.5. The summed E-state index contributed by atoms with van der Waals surface area (Å²) in [4.78, 5) is 27.7. The number of aliphatic hydroxyl groups is 3. The molecule has 2 fully saturated rings. The number of aliphatic hydroxyl groups excluding tert-OH is 3. The van der Waals surface area contributed by atoms with E-state index in [0.717, 1.165) is 6.54 Å². The van der Waals surface area contributed by atoms with Gasteiger partial charge in [0, 0.05) is 6.54 Å². The molecule has 0 amide bonds. The molecule has 1 saturated heterocycles. The second-order valence-electron chi connectivity index (χ2n) is 8.20. The maximum Gasteiger partial charge on any atom is 0.361 e. The molecule has 2 unspecified atom stereocenters. The second kappa shape index (κ2) is 9.27. The zero-order valence-electron chi connectivity index (χ0n) is 17.4. The fourth-order valence-corrected chi connectivity index (χ4v) is 4.21. The fourth-order valence-electron chi connectivity index (χ4n) is 3.60. The molecule has 2 atom stereocenters. The third-order valence-corrected chi connectivity index (χ3v) is 7.29. The molecule has 0 bridgehead atoms. The number of nitrogens with one attached hydrogen (secondary N) is 1. The number of nitrogens with zero attached hydrogens (tertiary/aromatic N) is 4. The molecule has 178 valence electrons. The molecular weight excluding hydrogens is 445 g/mol. The Bertz CT molecular complexity index is 989. The van der Waals surface area contributed by atoms with Crippen LogP contribution < -0.4 is 5.32 Å². The fraction of sp³-hybridized carbons (Fsp3) is 0.722. The number of hydrogen-bond donors (Lipinski definition) is 6. The van der Waals surface area contributed by atoms with E-state index in [4.69, 9.17) is 9.47 Å². The molecule has 0 aromatic carbocycles. The highest BCUT2D eigenvalue weighted by molar-refractivity contribution is 7.53. The van der Waals surface area contributed by atoms with E-state index < -0.39 is 38.5 Å². The van der Waals surface area contributed by atoms with Crippen molar-refractivity contribution in [3.05, 3.63) is 12.0 Å². The van der Waals surface area contributed by atoms with Crippen LogP contribution in [0.15, 0.2) is 6.20 Å². The average molecular weight is 473 g/mol. The zero-order chi connectivity index (χ0) is 22.9. The molecule has 2 aromatic heterocycles. The number of fused-ring (bicyclic) bond motifs is 1. The summed E-state index contributed by atoms with van der Waals surface area (Å²) in [7, 11) is -4.93. The molecule has 13 nitrogen and oxygen atoms in total. The summed E-state index contributed by atoms with van der Waals surface area (Å²) in [5.41, 5.74) is 0.504. The molecule has 2 aromatic rings. The van der Waals surface area contributed by atoms with Crippen molar-refractivity contribution < 1.29 is 39.1 Å². The number of ether oxygens (including phenoxy) is 2. The first-order chi connectivity index (χ1) is 15.3. The van der Waals surface area contributed by atoms with Crippen LogP contribution in [0.25, 0.3) is 11.0 Å². The second-order valence-corrected chi connectivity index (χ2v) is 10.1. The number of aromatic nitrogens is 4. The predicted molar refractivity (Wildman–Crippen MR) is 111 cm³/mol. The van der Waals surface area contributed by atoms with E-state index in [9.17, 15) is 29.7 Å². The Labute approximate surface area is 183 Å². The monoisotopic (exact) mass is 473 g/mol. The molecule has 6 N–H and O–H groups in total. The molecule has 1 aliphatic heterocycles. The zero-order valence-corrected chi connectivity index (χ0v) is 18.3. The van der Waals surface area contributed by atoms with Gasteiger partial charge in [-0.05, 0) is 31.6 Å². The van der Waals surface area contributed by atoms with Gasteiger partial charge in [0.1, 0.15) is 12.4 Å². The van der Waals surface area contributed by atoms with Gasteiger partial charge < -0.3 is 39.9 Å². The van der Waals surface area contributed by atoms with E-state index in [1.165, 1.54) is 12.8 Å². The van der Waals surface area contributed by atoms with Crippen LogP contribution in [0.1, 0.15) is 37.7 Å². The third kappa shape index (κ3) is 4.66. The van der Waals surface area contributed by atoms with Crippen LogP contribution in [0, 0.1) is 5.92 Å². The van der Waals surface area contributed by atoms with E-state index in [-0.39, 0.29) is 19.0 Å². The molecular formula is C18H28N5O8P. The summed E-state index contributed by atoms with van der Waals surface area (Å²) in [5.74, 6) is 1.49. The van der Waals surface area contributed by atoms with Crippen LogP contribution in [-0.2, 0) is 20.6 Å². The van der Waals surface area contributed by atoms with Gasteiger partial charge in [-0.2, -0.15) is 5.10 Å². The van der Waals surface area contributed by atoms with Gasteiger partial charge in [0.15, 0.2) is 17.7 Å². The van der Waals surface area contributed by atoms with Gasteiger partial charge in [0.05, 0.1) is 37.5 Å². The summed E-state index contributed by atoms with van der Waals surface area (Å²) in [6.07, 6.45) is 4.00. The van der Waals surface area contributed by atoms with E-state index in [1.807, 2.05) is 0 Å². The van der Waals surface area contributed by atoms with Gasteiger partial charge in [-0.25, -0.2) is 14.6 Å². The van der Waals surface area contributed by atoms with Crippen LogP contribution in [0.5, 0.6) is 0 Å². The summed E-state index contributed by atoms with van der Waals surface area (Å²) in [5, 5.41) is 34.4. The van der Waals surface area contributed by atoms with Crippen LogP contribution in [-0.4, -0.2) is 82.7 Å². The van der Waals surface area contributed by atoms with Gasteiger partial charge in [-0.1, -0.05) is 0 Å². The first-order valence-corrected chi connectivity index (χ1v) is 12.1. The summed E-state index contributed by atoms with van der Waals surface area (Å²) in [6, 6.07) is 0. The van der Waals surface area contributed by atoms with Crippen molar-refractivity contribution >= 4 is 24.4 Å². The highest BCUT2D eigenvalue weighted by Gasteiger charge is 2.48. The van der Waals surface area contributed by atoms with Gasteiger partial charge >= 0.3 is 7.60 Å². The standard InChI is InChI=1S/C18H28N5O8P/c24-7-14-21-16(19-5-11-1-2-11)13-6-20-23(17(13)22-14)15-4-3-12(31-15)8-30-18(9-25,10-26)32(27,28)29/h6,11-12,15,24-26H,1-5,7-10H2,(H,19,21,22)(H2,27,28,29). The Morgan fingerprint density at radius 1 is 1.19 bits per heavy atom. The highest BCUT2D eigenvalue weighted by atomic mass is 31.2. The van der Waals surface area contributed by atoms with Crippen molar-refractivity contribution in [1.29, 1.82) is 0 Å². The van der Waals surface area contributed by atoms with E-state index in [1.54, 1.807) is 10.9 Å². The maximum atomic E-state index is 11.7. The highest BCUT2D eigenvalue weighted by Crippen LogP contribution is 2.51. The Balaban J connectivity index is 1.48. The Morgan fingerprint density at radius 3 is 2.56 bits per heavy atom. The Hall–Kier alpha value is -1.70. The van der Waals surface area contributed by atoms with Crippen molar-refractivity contribution in [2.45, 2.75) is 50.0 Å². The van der Waals surface area contributed by atoms with Crippen molar-refractivity contribution in [2.24, 2.45) is 5.92 Å². The minimum atomic E-state index is -4.93.